The lowest BCUT2D eigenvalue weighted by Crippen LogP contribution is -1.65. The first-order chi connectivity index (χ1) is 3.46. The van der Waals surface area contributed by atoms with Crippen molar-refractivity contribution in [3.63, 3.8) is 0 Å². The third kappa shape index (κ3) is 279. The fourth-order valence-corrected chi connectivity index (χ4v) is 0. The molecule has 0 nitrogen and oxygen atoms in total. The van der Waals surface area contributed by atoms with Gasteiger partial charge in [-0.1, -0.05) is 0 Å². The summed E-state index contributed by atoms with van der Waals surface area (Å²) in [5.74, 6) is 0. The summed E-state index contributed by atoms with van der Waals surface area (Å²) in [6, 6.07) is 0. The van der Waals surface area contributed by atoms with Crippen LogP contribution in [0.25, 0.3) is 0 Å². The summed E-state index contributed by atoms with van der Waals surface area (Å²) in [5, 5.41) is 0. The van der Waals surface area contributed by atoms with E-state index in [1.807, 2.05) is 0 Å². The van der Waals surface area contributed by atoms with E-state index in [4.69, 9.17) is 0 Å². The lowest BCUT2D eigenvalue weighted by Gasteiger charge is -1.65. The molecule has 0 aliphatic rings. The van der Waals surface area contributed by atoms with E-state index < -0.39 is 12.8 Å². The van der Waals surface area contributed by atoms with Gasteiger partial charge in [0.1, 0.15) is 0 Å². The average Bonchev–Trinajstić information content (AvgIpc) is 1.25. The molecule has 8 heavy (non-hydrogen) atoms. The topological polar surface area (TPSA) is 0 Å². The molecule has 5 heteroatoms. The maximum Gasteiger partial charge on any atom is 0.379 e. The summed E-state index contributed by atoms with van der Waals surface area (Å²) in [5.41, 5.74) is 0. The van der Waals surface area contributed by atoms with Crippen LogP contribution < -0.4 is 0 Å². The Kier molecular flexibility index (Phi) is 8.30. The van der Waals surface area contributed by atoms with Gasteiger partial charge in [0.2, 0.25) is 0 Å². The van der Waals surface area contributed by atoms with Crippen molar-refractivity contribution >= 4 is 0 Å². The van der Waals surface area contributed by atoms with Gasteiger partial charge in [0.25, 0.3) is 6.08 Å². The van der Waals surface area contributed by atoms with Gasteiger partial charge in [-0.2, -0.15) is 22.0 Å². The molecule has 0 aromatic heterocycles. The zero-order chi connectivity index (χ0) is 7.15. The van der Waals surface area contributed by atoms with Gasteiger partial charge in [-0.15, -0.1) is 0 Å². The molecule has 0 atom stereocenters. The van der Waals surface area contributed by atoms with Crippen molar-refractivity contribution in [3.8, 4) is 0 Å². The highest BCUT2D eigenvalue weighted by Gasteiger charge is 1.86. The summed E-state index contributed by atoms with van der Waals surface area (Å²) < 4.78 is 49.3. The van der Waals surface area contributed by atoms with Crippen LogP contribution in [0.5, 0.6) is 0 Å². The molecule has 0 unspecified atom stereocenters. The van der Waals surface area contributed by atoms with Gasteiger partial charge in [0, 0.05) is 0 Å². The molecular weight excluding hydrogens is 131 g/mol. The molecule has 50 valence electrons. The Morgan fingerprint density at radius 1 is 1.12 bits per heavy atom. The summed E-state index contributed by atoms with van der Waals surface area (Å²) in [6.45, 7) is -1.44. The molecule has 0 fully saturated rings. The third-order valence-electron chi connectivity index (χ3n) is 0. The largest absolute Gasteiger partial charge is 0.379 e. The van der Waals surface area contributed by atoms with E-state index in [0.717, 1.165) is 0 Å². The number of alkyl halides is 3. The van der Waals surface area contributed by atoms with Crippen LogP contribution >= 0.6 is 0 Å². The third-order valence-corrected chi connectivity index (χ3v) is 0. The van der Waals surface area contributed by atoms with Crippen LogP contribution in [0.15, 0.2) is 12.7 Å². The quantitative estimate of drug-likeness (QED) is 0.446. The fraction of sp³-hybridized carbons (Fsp3) is 0.333. The minimum absolute atomic E-state index is 1.83. The van der Waals surface area contributed by atoms with Crippen LogP contribution in [0, 0.1) is 0 Å². The van der Waals surface area contributed by atoms with Gasteiger partial charge in [-0.05, 0) is 6.58 Å². The highest BCUT2D eigenvalue weighted by Crippen LogP contribution is 1.87. The molecule has 0 aromatic carbocycles. The number of rotatable bonds is 0. The molecule has 0 aliphatic heterocycles. The Balaban J connectivity index is 0. The molecule has 0 saturated heterocycles. The summed E-state index contributed by atoms with van der Waals surface area (Å²) in [4.78, 5) is 0. The van der Waals surface area contributed by atoms with Crippen LogP contribution in [0.4, 0.5) is 22.0 Å². The molecule has 0 saturated carbocycles. The van der Waals surface area contributed by atoms with Crippen molar-refractivity contribution in [2.75, 3.05) is 0 Å². The minimum atomic E-state index is -3.67. The highest BCUT2D eigenvalue weighted by atomic mass is 19.4. The second kappa shape index (κ2) is 6.39. The molecule has 0 amide bonds. The first-order valence-electron chi connectivity index (χ1n) is 1.39. The molecule has 0 heterocycles. The summed E-state index contributed by atoms with van der Waals surface area (Å²) in [7, 11) is 0. The van der Waals surface area contributed by atoms with E-state index in [0.29, 0.717) is 0 Å². The zero-order valence-electron chi connectivity index (χ0n) is 3.67. The van der Waals surface area contributed by atoms with Crippen LogP contribution in [0.1, 0.15) is 0 Å². The van der Waals surface area contributed by atoms with E-state index in [1.165, 1.54) is 0 Å². The van der Waals surface area contributed by atoms with E-state index in [-0.39, 0.29) is 0 Å². The molecule has 0 aromatic rings. The molecule has 0 N–H and O–H groups in total. The number of hydrogen-bond donors (Lipinski definition) is 0. The van der Waals surface area contributed by atoms with Crippen LogP contribution in [-0.4, -0.2) is 6.68 Å². The summed E-state index contributed by atoms with van der Waals surface area (Å²) in [6.07, 6.45) is -1.83. The molecule has 0 spiro atoms. The second-order valence-electron chi connectivity index (χ2n) is 0.586. The zero-order valence-corrected chi connectivity index (χ0v) is 3.67. The van der Waals surface area contributed by atoms with Gasteiger partial charge in [-0.3, -0.25) is 0 Å². The lowest BCUT2D eigenvalue weighted by atomic mass is 11.2. The molecular formula is C3H3F5. The van der Waals surface area contributed by atoms with E-state index in [9.17, 15) is 22.0 Å². The Labute approximate surface area is 42.6 Å². The SMILES string of the molecule is C=C(F)F.FC(F)F. The smallest absolute Gasteiger partial charge is 0.174 e. The van der Waals surface area contributed by atoms with Crippen molar-refractivity contribution < 1.29 is 22.0 Å². The molecule has 0 aliphatic carbocycles. The highest BCUT2D eigenvalue weighted by molar-refractivity contribution is 4.57. The van der Waals surface area contributed by atoms with Crippen LogP contribution in [0.2, 0.25) is 0 Å². The van der Waals surface area contributed by atoms with Crippen molar-refractivity contribution in [1.29, 1.82) is 0 Å². The summed E-state index contributed by atoms with van der Waals surface area (Å²) >= 11 is 0. The molecule has 0 radical (unpaired) electrons. The number of hydrogen-bond acceptors (Lipinski definition) is 0. The Hall–Kier alpha value is -0.610. The van der Waals surface area contributed by atoms with Gasteiger partial charge in [0.15, 0.2) is 0 Å². The first-order valence-corrected chi connectivity index (χ1v) is 1.39. The maximum absolute atomic E-state index is 10.1. The van der Waals surface area contributed by atoms with Crippen LogP contribution in [-0.2, 0) is 0 Å². The standard InChI is InChI=1S/C2H2F2.CHF3/c1-2(3)4;2-1(3)4/h1H2;1H. The van der Waals surface area contributed by atoms with Crippen molar-refractivity contribution in [1.82, 2.24) is 0 Å². The predicted molar refractivity (Wildman–Crippen MR) is 18.5 cm³/mol. The Morgan fingerprint density at radius 3 is 1.12 bits per heavy atom. The first kappa shape index (κ1) is 10.4. The van der Waals surface area contributed by atoms with E-state index in [2.05, 4.69) is 6.58 Å². The normalized spacial score (nSPS) is 7.75. The Bertz CT molecular complexity index is 51.9. The van der Waals surface area contributed by atoms with Crippen molar-refractivity contribution in [2.24, 2.45) is 0 Å². The Morgan fingerprint density at radius 2 is 1.12 bits per heavy atom. The van der Waals surface area contributed by atoms with Crippen molar-refractivity contribution in [3.05, 3.63) is 12.7 Å². The van der Waals surface area contributed by atoms with Gasteiger partial charge in [-0.25, -0.2) is 0 Å². The monoisotopic (exact) mass is 134 g/mol. The van der Waals surface area contributed by atoms with Crippen LogP contribution in [0.3, 0.4) is 0 Å². The van der Waals surface area contributed by atoms with Gasteiger partial charge < -0.3 is 0 Å². The van der Waals surface area contributed by atoms with Gasteiger partial charge in [0.05, 0.1) is 0 Å². The molecule has 0 rings (SSSR count). The van der Waals surface area contributed by atoms with E-state index in [1.54, 1.807) is 0 Å². The predicted octanol–water partition coefficient (Wildman–Crippen LogP) is 2.58. The number of halogens is 5. The molecule has 0 bridgehead atoms. The minimum Gasteiger partial charge on any atom is -0.174 e. The van der Waals surface area contributed by atoms with Crippen molar-refractivity contribution in [2.45, 2.75) is 6.68 Å². The fourth-order valence-electron chi connectivity index (χ4n) is 0. The lowest BCUT2D eigenvalue weighted by molar-refractivity contribution is 0.00819. The van der Waals surface area contributed by atoms with Gasteiger partial charge >= 0.3 is 6.68 Å². The maximum atomic E-state index is 10.1. The van der Waals surface area contributed by atoms with E-state index >= 15 is 0 Å². The average molecular weight is 134 g/mol. The second-order valence-corrected chi connectivity index (χ2v) is 0.586.